The Hall–Kier alpha value is -1.57. The summed E-state index contributed by atoms with van der Waals surface area (Å²) < 4.78 is 12.3. The Bertz CT molecular complexity index is 494. The molecule has 1 atom stereocenters. The summed E-state index contributed by atoms with van der Waals surface area (Å²) in [6.45, 7) is 4.31. The fourth-order valence-corrected chi connectivity index (χ4v) is 1.74. The molecule has 2 rings (SSSR count). The maximum Gasteiger partial charge on any atom is 0.223 e. The molecule has 4 N–H and O–H groups in total. The number of nitrogens with one attached hydrogen (secondary N) is 1. The first-order chi connectivity index (χ1) is 8.44. The minimum absolute atomic E-state index is 0.310. The highest BCUT2D eigenvalue weighted by atomic mass is 16.7. The molecule has 18 heavy (non-hydrogen) atoms. The lowest BCUT2D eigenvalue weighted by Gasteiger charge is -2.31. The van der Waals surface area contributed by atoms with Gasteiger partial charge in [-0.2, -0.15) is 0 Å². The fraction of sp³-hybridized carbons (Fsp3) is 0.545. The molecule has 7 heteroatoms. The molecule has 0 amide bonds. The molecule has 0 bridgehead atoms. The molecule has 0 spiro atoms. The van der Waals surface area contributed by atoms with Gasteiger partial charge in [-0.25, -0.2) is 0 Å². The Morgan fingerprint density at radius 1 is 1.56 bits per heavy atom. The summed E-state index contributed by atoms with van der Waals surface area (Å²) in [6.07, 6.45) is 0.857. The van der Waals surface area contributed by atoms with Gasteiger partial charge in [0, 0.05) is 12.3 Å². The second-order valence-electron chi connectivity index (χ2n) is 4.30. The summed E-state index contributed by atoms with van der Waals surface area (Å²) in [4.78, 5) is 11.2. The average Bonchev–Trinajstić information content (AvgIpc) is 2.78. The van der Waals surface area contributed by atoms with Gasteiger partial charge >= 0.3 is 0 Å². The normalized spacial score (nSPS) is 19.7. The molecule has 1 aromatic heterocycles. The lowest BCUT2D eigenvalue weighted by atomic mass is 10.2. The Morgan fingerprint density at radius 3 is 2.78 bits per heavy atom. The fourth-order valence-electron chi connectivity index (χ4n) is 1.74. The van der Waals surface area contributed by atoms with Gasteiger partial charge in [-0.05, 0) is 13.8 Å². The smallest absolute Gasteiger partial charge is 0.223 e. The molecule has 1 aliphatic rings. The summed E-state index contributed by atoms with van der Waals surface area (Å²) in [7, 11) is 0. The molecule has 0 aliphatic carbocycles. The number of hydrogen-bond acceptors (Lipinski definition) is 6. The van der Waals surface area contributed by atoms with Crippen LogP contribution >= 0.6 is 0 Å². The van der Waals surface area contributed by atoms with Gasteiger partial charge in [-0.1, -0.05) is 0 Å². The Morgan fingerprint density at radius 2 is 2.17 bits per heavy atom. The lowest BCUT2D eigenvalue weighted by molar-refractivity contribution is -0.154. The Labute approximate surface area is 104 Å². The van der Waals surface area contributed by atoms with Crippen molar-refractivity contribution in [1.82, 2.24) is 4.68 Å². The molecule has 1 unspecified atom stereocenters. The van der Waals surface area contributed by atoms with Crippen molar-refractivity contribution in [3.8, 4) is 5.75 Å². The van der Waals surface area contributed by atoms with Crippen molar-refractivity contribution in [1.29, 1.82) is 0 Å². The van der Waals surface area contributed by atoms with Gasteiger partial charge in [0.1, 0.15) is 6.17 Å². The predicted molar refractivity (Wildman–Crippen MR) is 64.7 cm³/mol. The van der Waals surface area contributed by atoms with Crippen LogP contribution in [0.1, 0.15) is 12.6 Å². The number of aromatic nitrogens is 1. The van der Waals surface area contributed by atoms with Crippen molar-refractivity contribution in [2.75, 3.05) is 18.6 Å². The van der Waals surface area contributed by atoms with E-state index in [4.69, 9.17) is 15.2 Å². The second-order valence-corrected chi connectivity index (χ2v) is 4.30. The van der Waals surface area contributed by atoms with E-state index in [1.54, 1.807) is 13.8 Å². The van der Waals surface area contributed by atoms with Crippen LogP contribution < -0.4 is 16.6 Å². The summed E-state index contributed by atoms with van der Waals surface area (Å²) in [5.41, 5.74) is 8.81. The molecule has 7 nitrogen and oxygen atoms in total. The molecule has 0 aromatic carbocycles. The number of nitrogens with zero attached hydrogens (tertiary/aromatic N) is 1. The monoisotopic (exact) mass is 255 g/mol. The molecule has 0 saturated carbocycles. The maximum absolute atomic E-state index is 11.2. The van der Waals surface area contributed by atoms with Crippen molar-refractivity contribution < 1.29 is 14.6 Å². The van der Waals surface area contributed by atoms with Crippen molar-refractivity contribution >= 4 is 0 Å². The van der Waals surface area contributed by atoms with E-state index in [-0.39, 0.29) is 5.75 Å². The van der Waals surface area contributed by atoms with Crippen LogP contribution in [0.2, 0.25) is 0 Å². The molecule has 1 aliphatic heterocycles. The van der Waals surface area contributed by atoms with E-state index in [0.717, 1.165) is 0 Å². The van der Waals surface area contributed by atoms with Crippen molar-refractivity contribution in [2.24, 2.45) is 5.73 Å². The van der Waals surface area contributed by atoms with Gasteiger partial charge in [0.05, 0.1) is 18.9 Å². The first-order valence-corrected chi connectivity index (χ1v) is 5.65. The highest BCUT2D eigenvalue weighted by Gasteiger charge is 2.38. The third-order valence-electron chi connectivity index (χ3n) is 3.02. The Balaban J connectivity index is 2.19. The van der Waals surface area contributed by atoms with E-state index in [0.29, 0.717) is 18.9 Å². The van der Waals surface area contributed by atoms with Crippen LogP contribution in [0.15, 0.2) is 17.1 Å². The Kier molecular flexibility index (Phi) is 3.29. The van der Waals surface area contributed by atoms with Gasteiger partial charge in [-0.3, -0.25) is 9.47 Å². The minimum Gasteiger partial charge on any atom is -0.503 e. The van der Waals surface area contributed by atoms with Crippen LogP contribution in [0.5, 0.6) is 5.75 Å². The predicted octanol–water partition coefficient (Wildman–Crippen LogP) is -0.546. The highest BCUT2D eigenvalue weighted by molar-refractivity contribution is 5.26. The first-order valence-electron chi connectivity index (χ1n) is 5.65. The van der Waals surface area contributed by atoms with Gasteiger partial charge in [0.25, 0.3) is 0 Å². The first kappa shape index (κ1) is 12.9. The van der Waals surface area contributed by atoms with Crippen LogP contribution in [0.4, 0.5) is 0 Å². The van der Waals surface area contributed by atoms with Gasteiger partial charge < -0.3 is 25.7 Å². The van der Waals surface area contributed by atoms with Crippen LogP contribution in [0.25, 0.3) is 0 Å². The van der Waals surface area contributed by atoms with E-state index >= 15 is 0 Å². The average molecular weight is 255 g/mol. The molecule has 1 fully saturated rings. The van der Waals surface area contributed by atoms with Gasteiger partial charge in [0.2, 0.25) is 11.2 Å². The zero-order chi connectivity index (χ0) is 13.3. The molecular formula is C11H17N3O4. The molecule has 100 valence electrons. The van der Waals surface area contributed by atoms with E-state index in [1.165, 1.54) is 16.9 Å². The molecule has 1 saturated heterocycles. The lowest BCUT2D eigenvalue weighted by Crippen LogP contribution is -2.54. The SMILES string of the molecule is Cc1c(O)c(=O)ccn1NC(N)C1(C)OCCO1. The number of rotatable bonds is 3. The van der Waals surface area contributed by atoms with Crippen molar-refractivity contribution in [2.45, 2.75) is 25.8 Å². The van der Waals surface area contributed by atoms with Crippen LogP contribution in [-0.4, -0.2) is 34.9 Å². The molecular weight excluding hydrogens is 238 g/mol. The largest absolute Gasteiger partial charge is 0.503 e. The number of hydrogen-bond donors (Lipinski definition) is 3. The number of ether oxygens (including phenoxy) is 2. The van der Waals surface area contributed by atoms with E-state index in [1.807, 2.05) is 0 Å². The summed E-state index contributed by atoms with van der Waals surface area (Å²) >= 11 is 0. The molecule has 2 heterocycles. The van der Waals surface area contributed by atoms with Crippen molar-refractivity contribution in [3.05, 3.63) is 28.2 Å². The number of aromatic hydroxyl groups is 1. The standard InChI is InChI=1S/C11H17N3O4/c1-7-9(16)8(15)3-4-14(7)13-10(12)11(2)17-5-6-18-11/h3-4,10,13,16H,5-6,12H2,1-2H3. The van der Waals surface area contributed by atoms with Gasteiger partial charge in [-0.15, -0.1) is 0 Å². The highest BCUT2D eigenvalue weighted by Crippen LogP contribution is 2.21. The third-order valence-corrected chi connectivity index (χ3v) is 3.02. The van der Waals surface area contributed by atoms with Crippen molar-refractivity contribution in [3.63, 3.8) is 0 Å². The van der Waals surface area contributed by atoms with E-state index in [2.05, 4.69) is 5.43 Å². The molecule has 1 aromatic rings. The van der Waals surface area contributed by atoms with E-state index in [9.17, 15) is 9.90 Å². The third kappa shape index (κ3) is 2.20. The van der Waals surface area contributed by atoms with E-state index < -0.39 is 17.4 Å². The zero-order valence-electron chi connectivity index (χ0n) is 10.3. The zero-order valence-corrected chi connectivity index (χ0v) is 10.3. The summed E-state index contributed by atoms with van der Waals surface area (Å²) in [6, 6.07) is 1.25. The maximum atomic E-state index is 11.2. The number of pyridine rings is 1. The summed E-state index contributed by atoms with van der Waals surface area (Å²) in [5.74, 6) is -1.24. The quantitative estimate of drug-likeness (QED) is 0.627. The minimum atomic E-state index is -0.925. The van der Waals surface area contributed by atoms with Gasteiger partial charge in [0.15, 0.2) is 5.75 Å². The second kappa shape index (κ2) is 4.60. The molecule has 0 radical (unpaired) electrons. The summed E-state index contributed by atoms with van der Waals surface area (Å²) in [5, 5.41) is 9.55. The topological polar surface area (TPSA) is 98.7 Å². The van der Waals surface area contributed by atoms with Crippen LogP contribution in [-0.2, 0) is 9.47 Å². The van der Waals surface area contributed by atoms with Crippen LogP contribution in [0.3, 0.4) is 0 Å². The van der Waals surface area contributed by atoms with Crippen LogP contribution in [0, 0.1) is 6.92 Å². The number of nitrogens with two attached hydrogens (primary N) is 1.